The molecule has 1 aliphatic rings. The minimum Gasteiger partial charge on any atom is -0.493 e. The molecule has 1 fully saturated rings. The highest BCUT2D eigenvalue weighted by Gasteiger charge is 2.14. The first-order chi connectivity index (χ1) is 9.28. The molecule has 0 bridgehead atoms. The maximum atomic E-state index is 13.3. The van der Waals surface area contributed by atoms with Crippen LogP contribution in [0.5, 0.6) is 5.75 Å². The zero-order valence-electron chi connectivity index (χ0n) is 11.5. The predicted molar refractivity (Wildman–Crippen MR) is 76.2 cm³/mol. The molecule has 1 aromatic rings. The van der Waals surface area contributed by atoms with Crippen molar-refractivity contribution in [1.29, 1.82) is 0 Å². The molecular weight excluding hydrogens is 241 g/mol. The molecule has 1 saturated carbocycles. The number of nitrogens with two attached hydrogens (primary N) is 1. The maximum absolute atomic E-state index is 13.3. The zero-order chi connectivity index (χ0) is 13.5. The zero-order valence-corrected chi connectivity index (χ0v) is 11.5. The van der Waals surface area contributed by atoms with Crippen molar-refractivity contribution in [1.82, 2.24) is 0 Å². The van der Waals surface area contributed by atoms with Gasteiger partial charge in [0.15, 0.2) is 0 Å². The molecule has 0 radical (unpaired) electrons. The fraction of sp³-hybridized carbons (Fsp3) is 0.625. The van der Waals surface area contributed by atoms with Crippen LogP contribution in [0.25, 0.3) is 0 Å². The Labute approximate surface area is 115 Å². The molecule has 2 rings (SSSR count). The fourth-order valence-electron chi connectivity index (χ4n) is 2.67. The van der Waals surface area contributed by atoms with Crippen molar-refractivity contribution in [2.45, 2.75) is 44.7 Å². The van der Waals surface area contributed by atoms with Gasteiger partial charge in [0.2, 0.25) is 0 Å². The van der Waals surface area contributed by atoms with Crippen molar-refractivity contribution in [3.8, 4) is 5.75 Å². The van der Waals surface area contributed by atoms with Crippen LogP contribution in [-0.2, 0) is 6.42 Å². The standard InChI is InChI=1S/C16H24FNO/c17-15(11-18)9-14-7-4-8-16(10-14)19-12-13-5-2-1-3-6-13/h4,7-8,10,13,15H,1-3,5-6,9,11-12,18H2/t15-/m1/s1. The first-order valence-electron chi connectivity index (χ1n) is 7.34. The van der Waals surface area contributed by atoms with Gasteiger partial charge in [-0.2, -0.15) is 0 Å². The molecule has 1 aliphatic carbocycles. The summed E-state index contributed by atoms with van der Waals surface area (Å²) >= 11 is 0. The predicted octanol–water partition coefficient (Wildman–Crippen LogP) is 3.49. The Morgan fingerprint density at radius 1 is 1.26 bits per heavy atom. The smallest absolute Gasteiger partial charge is 0.119 e. The van der Waals surface area contributed by atoms with E-state index in [-0.39, 0.29) is 6.54 Å². The van der Waals surface area contributed by atoms with E-state index in [1.54, 1.807) is 0 Å². The van der Waals surface area contributed by atoms with Gasteiger partial charge in [0.25, 0.3) is 0 Å². The molecule has 2 nitrogen and oxygen atoms in total. The van der Waals surface area contributed by atoms with E-state index in [4.69, 9.17) is 10.5 Å². The minimum atomic E-state index is -0.964. The van der Waals surface area contributed by atoms with Crippen LogP contribution in [0.3, 0.4) is 0 Å². The van der Waals surface area contributed by atoms with Crippen molar-refractivity contribution in [2.75, 3.05) is 13.2 Å². The molecule has 19 heavy (non-hydrogen) atoms. The van der Waals surface area contributed by atoms with Gasteiger partial charge in [-0.25, -0.2) is 4.39 Å². The summed E-state index contributed by atoms with van der Waals surface area (Å²) in [5.41, 5.74) is 6.27. The SMILES string of the molecule is NC[C@H](F)Cc1cccc(OCC2CCCCC2)c1. The summed E-state index contributed by atoms with van der Waals surface area (Å²) in [6, 6.07) is 7.73. The Morgan fingerprint density at radius 2 is 2.05 bits per heavy atom. The van der Waals surface area contributed by atoms with Crippen molar-refractivity contribution in [3.05, 3.63) is 29.8 Å². The van der Waals surface area contributed by atoms with Gasteiger partial charge in [-0.3, -0.25) is 0 Å². The van der Waals surface area contributed by atoms with Gasteiger partial charge in [0, 0.05) is 13.0 Å². The average Bonchev–Trinajstić information content (AvgIpc) is 2.46. The summed E-state index contributed by atoms with van der Waals surface area (Å²) in [5.74, 6) is 1.54. The van der Waals surface area contributed by atoms with Crippen LogP contribution >= 0.6 is 0 Å². The summed E-state index contributed by atoms with van der Waals surface area (Å²) < 4.78 is 19.1. The third-order valence-electron chi connectivity index (χ3n) is 3.82. The quantitative estimate of drug-likeness (QED) is 0.854. The third kappa shape index (κ3) is 4.83. The summed E-state index contributed by atoms with van der Waals surface area (Å²) in [6.07, 6.45) is 5.98. The lowest BCUT2D eigenvalue weighted by atomic mass is 9.90. The van der Waals surface area contributed by atoms with E-state index in [0.29, 0.717) is 12.3 Å². The molecule has 1 aromatic carbocycles. The second kappa shape index (κ2) is 7.49. The van der Waals surface area contributed by atoms with E-state index in [2.05, 4.69) is 0 Å². The Bertz CT molecular complexity index is 377. The molecule has 0 saturated heterocycles. The van der Waals surface area contributed by atoms with Crippen LogP contribution < -0.4 is 10.5 Å². The molecule has 106 valence electrons. The first-order valence-corrected chi connectivity index (χ1v) is 7.34. The summed E-state index contributed by atoms with van der Waals surface area (Å²) in [4.78, 5) is 0. The Kier molecular flexibility index (Phi) is 5.64. The number of benzene rings is 1. The Balaban J connectivity index is 1.84. The first kappa shape index (κ1) is 14.3. The van der Waals surface area contributed by atoms with Crippen LogP contribution in [0.1, 0.15) is 37.7 Å². The van der Waals surface area contributed by atoms with Crippen molar-refractivity contribution < 1.29 is 9.13 Å². The molecule has 0 aliphatic heterocycles. The van der Waals surface area contributed by atoms with E-state index >= 15 is 0 Å². The highest BCUT2D eigenvalue weighted by atomic mass is 19.1. The number of hydrogen-bond acceptors (Lipinski definition) is 2. The maximum Gasteiger partial charge on any atom is 0.119 e. The summed E-state index contributed by atoms with van der Waals surface area (Å²) in [7, 11) is 0. The van der Waals surface area contributed by atoms with Crippen molar-refractivity contribution in [2.24, 2.45) is 11.7 Å². The fourth-order valence-corrected chi connectivity index (χ4v) is 2.67. The number of alkyl halides is 1. The monoisotopic (exact) mass is 265 g/mol. The molecule has 2 N–H and O–H groups in total. The number of ether oxygens (including phenoxy) is 1. The highest BCUT2D eigenvalue weighted by Crippen LogP contribution is 2.25. The molecule has 0 aromatic heterocycles. The van der Waals surface area contributed by atoms with Gasteiger partial charge < -0.3 is 10.5 Å². The van der Waals surface area contributed by atoms with Gasteiger partial charge in [-0.1, -0.05) is 31.4 Å². The van der Waals surface area contributed by atoms with Crippen LogP contribution in [0, 0.1) is 5.92 Å². The number of halogens is 1. The molecular formula is C16H24FNO. The lowest BCUT2D eigenvalue weighted by molar-refractivity contribution is 0.208. The minimum absolute atomic E-state index is 0.0765. The third-order valence-corrected chi connectivity index (χ3v) is 3.82. The molecule has 0 amide bonds. The average molecular weight is 265 g/mol. The Morgan fingerprint density at radius 3 is 2.79 bits per heavy atom. The van der Waals surface area contributed by atoms with Gasteiger partial charge in [0.1, 0.15) is 11.9 Å². The van der Waals surface area contributed by atoms with E-state index < -0.39 is 6.17 Å². The molecule has 0 heterocycles. The van der Waals surface area contributed by atoms with Crippen molar-refractivity contribution >= 4 is 0 Å². The molecule has 0 unspecified atom stereocenters. The van der Waals surface area contributed by atoms with E-state index in [1.807, 2.05) is 24.3 Å². The normalized spacial score (nSPS) is 18.2. The molecule has 1 atom stereocenters. The van der Waals surface area contributed by atoms with Crippen molar-refractivity contribution in [3.63, 3.8) is 0 Å². The topological polar surface area (TPSA) is 35.2 Å². The van der Waals surface area contributed by atoms with E-state index in [9.17, 15) is 4.39 Å². The van der Waals surface area contributed by atoms with Crippen LogP contribution in [0.4, 0.5) is 4.39 Å². The summed E-state index contributed by atoms with van der Waals surface area (Å²) in [6.45, 7) is 0.868. The van der Waals surface area contributed by atoms with Crippen LogP contribution in [0.15, 0.2) is 24.3 Å². The van der Waals surface area contributed by atoms with Gasteiger partial charge in [-0.05, 0) is 36.5 Å². The van der Waals surface area contributed by atoms with E-state index in [0.717, 1.165) is 17.9 Å². The number of hydrogen-bond donors (Lipinski definition) is 1. The lowest BCUT2D eigenvalue weighted by Crippen LogP contribution is -2.17. The van der Waals surface area contributed by atoms with E-state index in [1.165, 1.54) is 32.1 Å². The second-order valence-corrected chi connectivity index (χ2v) is 5.50. The lowest BCUT2D eigenvalue weighted by Gasteiger charge is -2.21. The van der Waals surface area contributed by atoms with Gasteiger partial charge >= 0.3 is 0 Å². The van der Waals surface area contributed by atoms with Gasteiger partial charge in [-0.15, -0.1) is 0 Å². The van der Waals surface area contributed by atoms with Gasteiger partial charge in [0.05, 0.1) is 6.61 Å². The molecule has 0 spiro atoms. The number of rotatable bonds is 6. The van der Waals surface area contributed by atoms with Crippen LogP contribution in [-0.4, -0.2) is 19.3 Å². The Hall–Kier alpha value is -1.09. The van der Waals surface area contributed by atoms with Crippen LogP contribution in [0.2, 0.25) is 0 Å². The largest absolute Gasteiger partial charge is 0.493 e. The highest BCUT2D eigenvalue weighted by molar-refractivity contribution is 5.29. The molecule has 3 heteroatoms. The second-order valence-electron chi connectivity index (χ2n) is 5.50. The summed E-state index contributed by atoms with van der Waals surface area (Å²) in [5, 5.41) is 0.